The molecule has 1 nitrogen and oxygen atoms in total. The first-order valence-electron chi connectivity index (χ1n) is 7.24. The van der Waals surface area contributed by atoms with Gasteiger partial charge in [0.15, 0.2) is 0 Å². The Morgan fingerprint density at radius 3 is 2.68 bits per heavy atom. The van der Waals surface area contributed by atoms with E-state index in [-0.39, 0.29) is 5.38 Å². The minimum absolute atomic E-state index is 0.0464. The molecule has 1 aliphatic rings. The molecule has 0 saturated heterocycles. The Balaban J connectivity index is 2.32. The predicted molar refractivity (Wildman–Crippen MR) is 82.1 cm³/mol. The van der Waals surface area contributed by atoms with Crippen molar-refractivity contribution < 1.29 is 4.74 Å². The highest BCUT2D eigenvalue weighted by atomic mass is 35.5. The van der Waals surface area contributed by atoms with Crippen LogP contribution < -0.4 is 4.74 Å². The number of halogens is 1. The van der Waals surface area contributed by atoms with Gasteiger partial charge < -0.3 is 4.74 Å². The van der Waals surface area contributed by atoms with Crippen LogP contribution in [-0.2, 0) is 0 Å². The van der Waals surface area contributed by atoms with E-state index < -0.39 is 0 Å². The van der Waals surface area contributed by atoms with Crippen molar-refractivity contribution in [1.29, 1.82) is 0 Å². The molecule has 1 aromatic rings. The summed E-state index contributed by atoms with van der Waals surface area (Å²) in [7, 11) is 1.73. The lowest BCUT2D eigenvalue weighted by Gasteiger charge is -2.41. The standard InChI is InChI=1S/C17H25ClO/c1-12-8-9-15(19-4)13(11-12)16(18)14-7-5-6-10-17(14,2)3/h8-9,11,14,16H,5-7,10H2,1-4H3. The van der Waals surface area contributed by atoms with Gasteiger partial charge in [-0.05, 0) is 37.2 Å². The summed E-state index contributed by atoms with van der Waals surface area (Å²) in [4.78, 5) is 0. The van der Waals surface area contributed by atoms with Gasteiger partial charge in [-0.1, -0.05) is 44.4 Å². The minimum atomic E-state index is 0.0464. The van der Waals surface area contributed by atoms with Gasteiger partial charge in [0, 0.05) is 5.56 Å². The summed E-state index contributed by atoms with van der Waals surface area (Å²) in [5, 5.41) is 0.0464. The minimum Gasteiger partial charge on any atom is -0.496 e. The van der Waals surface area contributed by atoms with Crippen LogP contribution in [0, 0.1) is 18.3 Å². The van der Waals surface area contributed by atoms with E-state index in [1.807, 2.05) is 6.07 Å². The molecule has 0 radical (unpaired) electrons. The molecule has 0 N–H and O–H groups in total. The molecule has 0 heterocycles. The second-order valence-corrected chi connectivity index (χ2v) is 6.96. The lowest BCUT2D eigenvalue weighted by atomic mass is 9.66. The van der Waals surface area contributed by atoms with Crippen molar-refractivity contribution in [2.45, 2.75) is 51.8 Å². The van der Waals surface area contributed by atoms with Crippen molar-refractivity contribution in [1.82, 2.24) is 0 Å². The molecule has 2 rings (SSSR count). The topological polar surface area (TPSA) is 9.23 Å². The highest BCUT2D eigenvalue weighted by molar-refractivity contribution is 6.21. The number of alkyl halides is 1. The molecule has 0 aliphatic heterocycles. The summed E-state index contributed by atoms with van der Waals surface area (Å²) >= 11 is 6.85. The molecular weight excluding hydrogens is 256 g/mol. The van der Waals surface area contributed by atoms with Gasteiger partial charge in [-0.15, -0.1) is 11.6 Å². The van der Waals surface area contributed by atoms with Crippen molar-refractivity contribution in [2.24, 2.45) is 11.3 Å². The third-order valence-electron chi connectivity index (χ3n) is 4.63. The average Bonchev–Trinajstić information content (AvgIpc) is 2.37. The van der Waals surface area contributed by atoms with Gasteiger partial charge in [0.25, 0.3) is 0 Å². The third-order valence-corrected chi connectivity index (χ3v) is 5.16. The van der Waals surface area contributed by atoms with Gasteiger partial charge in [-0.3, -0.25) is 0 Å². The molecule has 2 heteroatoms. The molecule has 2 atom stereocenters. The van der Waals surface area contributed by atoms with E-state index in [1.54, 1.807) is 7.11 Å². The molecule has 1 aliphatic carbocycles. The van der Waals surface area contributed by atoms with Crippen molar-refractivity contribution >= 4 is 11.6 Å². The Bertz CT molecular complexity index is 439. The van der Waals surface area contributed by atoms with Crippen LogP contribution in [0.25, 0.3) is 0 Å². The molecular formula is C17H25ClO. The molecule has 1 aromatic carbocycles. The summed E-state index contributed by atoms with van der Waals surface area (Å²) in [6.45, 7) is 6.82. The Morgan fingerprint density at radius 1 is 1.32 bits per heavy atom. The van der Waals surface area contributed by atoms with Crippen molar-refractivity contribution in [3.05, 3.63) is 29.3 Å². The molecule has 0 aromatic heterocycles. The second kappa shape index (κ2) is 5.75. The number of rotatable bonds is 3. The van der Waals surface area contributed by atoms with Crippen molar-refractivity contribution in [3.63, 3.8) is 0 Å². The fourth-order valence-corrected chi connectivity index (χ4v) is 3.99. The summed E-state index contributed by atoms with van der Waals surface area (Å²) < 4.78 is 5.50. The summed E-state index contributed by atoms with van der Waals surface area (Å²) in [5.74, 6) is 1.45. The predicted octanol–water partition coefficient (Wildman–Crippen LogP) is 5.50. The molecule has 2 unspecified atom stereocenters. The van der Waals surface area contributed by atoms with Crippen molar-refractivity contribution in [2.75, 3.05) is 7.11 Å². The Morgan fingerprint density at radius 2 is 2.05 bits per heavy atom. The maximum absolute atomic E-state index is 6.85. The van der Waals surface area contributed by atoms with Crippen molar-refractivity contribution in [3.8, 4) is 5.75 Å². The molecule has 0 spiro atoms. The second-order valence-electron chi connectivity index (χ2n) is 6.49. The first kappa shape index (κ1) is 14.7. The molecule has 106 valence electrons. The van der Waals surface area contributed by atoms with E-state index in [0.29, 0.717) is 11.3 Å². The molecule has 0 amide bonds. The summed E-state index contributed by atoms with van der Waals surface area (Å²) in [5.41, 5.74) is 2.72. The fraction of sp³-hybridized carbons (Fsp3) is 0.647. The third kappa shape index (κ3) is 3.08. The highest BCUT2D eigenvalue weighted by Gasteiger charge is 2.38. The van der Waals surface area contributed by atoms with E-state index in [4.69, 9.17) is 16.3 Å². The first-order valence-corrected chi connectivity index (χ1v) is 7.68. The van der Waals surface area contributed by atoms with Gasteiger partial charge in [-0.25, -0.2) is 0 Å². The zero-order valence-corrected chi connectivity index (χ0v) is 13.3. The maximum Gasteiger partial charge on any atom is 0.123 e. The lowest BCUT2D eigenvalue weighted by molar-refractivity contribution is 0.132. The molecule has 0 bridgehead atoms. The maximum atomic E-state index is 6.85. The van der Waals surface area contributed by atoms with Crippen LogP contribution in [0.4, 0.5) is 0 Å². The Labute approximate surface area is 122 Å². The van der Waals surface area contributed by atoms with Gasteiger partial charge in [0.1, 0.15) is 5.75 Å². The van der Waals surface area contributed by atoms with Gasteiger partial charge in [0.05, 0.1) is 12.5 Å². The first-order chi connectivity index (χ1) is 8.95. The van der Waals surface area contributed by atoms with Crippen LogP contribution >= 0.6 is 11.6 Å². The smallest absolute Gasteiger partial charge is 0.123 e. The summed E-state index contributed by atoms with van der Waals surface area (Å²) in [6, 6.07) is 6.30. The van der Waals surface area contributed by atoms with Gasteiger partial charge in [0.2, 0.25) is 0 Å². The quantitative estimate of drug-likeness (QED) is 0.664. The summed E-state index contributed by atoms with van der Waals surface area (Å²) in [6.07, 6.45) is 5.12. The molecule has 19 heavy (non-hydrogen) atoms. The van der Waals surface area contributed by atoms with Crippen LogP contribution in [-0.4, -0.2) is 7.11 Å². The van der Waals surface area contributed by atoms with Crippen LogP contribution in [0.5, 0.6) is 5.75 Å². The van der Waals surface area contributed by atoms with E-state index >= 15 is 0 Å². The van der Waals surface area contributed by atoms with E-state index in [9.17, 15) is 0 Å². The average molecular weight is 281 g/mol. The Kier molecular flexibility index (Phi) is 4.45. The fourth-order valence-electron chi connectivity index (χ4n) is 3.35. The monoisotopic (exact) mass is 280 g/mol. The van der Waals surface area contributed by atoms with Crippen LogP contribution in [0.3, 0.4) is 0 Å². The largest absolute Gasteiger partial charge is 0.496 e. The normalized spacial score (nSPS) is 23.9. The highest BCUT2D eigenvalue weighted by Crippen LogP contribution is 2.50. The van der Waals surface area contributed by atoms with E-state index in [1.165, 1.54) is 31.2 Å². The number of aryl methyl sites for hydroxylation is 1. The molecule has 1 saturated carbocycles. The van der Waals surface area contributed by atoms with E-state index in [0.717, 1.165) is 11.3 Å². The zero-order chi connectivity index (χ0) is 14.0. The number of methoxy groups -OCH3 is 1. The lowest BCUT2D eigenvalue weighted by Crippen LogP contribution is -2.31. The SMILES string of the molecule is COc1ccc(C)cc1C(Cl)C1CCCCC1(C)C. The van der Waals surface area contributed by atoms with Crippen LogP contribution in [0.2, 0.25) is 0 Å². The van der Waals surface area contributed by atoms with Crippen LogP contribution in [0.15, 0.2) is 18.2 Å². The number of benzene rings is 1. The van der Waals surface area contributed by atoms with Crippen LogP contribution in [0.1, 0.15) is 56.0 Å². The number of hydrogen-bond acceptors (Lipinski definition) is 1. The molecule has 1 fully saturated rings. The van der Waals surface area contributed by atoms with Gasteiger partial charge in [-0.2, -0.15) is 0 Å². The number of hydrogen-bond donors (Lipinski definition) is 0. The Hall–Kier alpha value is -0.690. The van der Waals surface area contributed by atoms with Gasteiger partial charge >= 0.3 is 0 Å². The number of ether oxygens (including phenoxy) is 1. The zero-order valence-electron chi connectivity index (χ0n) is 12.5. The van der Waals surface area contributed by atoms with E-state index in [2.05, 4.69) is 32.9 Å².